The predicted molar refractivity (Wildman–Crippen MR) is 114 cm³/mol. The third kappa shape index (κ3) is 5.06. The molecular formula is C24H27FN2O3. The molecule has 158 valence electrons. The Kier molecular flexibility index (Phi) is 6.87. The molecule has 1 aliphatic rings. The van der Waals surface area contributed by atoms with Gasteiger partial charge in [0.25, 0.3) is 5.91 Å². The summed E-state index contributed by atoms with van der Waals surface area (Å²) >= 11 is 0. The van der Waals surface area contributed by atoms with Crippen molar-refractivity contribution >= 4 is 11.8 Å². The van der Waals surface area contributed by atoms with Gasteiger partial charge in [0.15, 0.2) is 0 Å². The second-order valence-electron chi connectivity index (χ2n) is 7.57. The molecule has 0 fully saturated rings. The molecule has 6 heteroatoms. The highest BCUT2D eigenvalue weighted by atomic mass is 19.1. The Morgan fingerprint density at radius 3 is 2.40 bits per heavy atom. The van der Waals surface area contributed by atoms with E-state index in [9.17, 15) is 14.0 Å². The van der Waals surface area contributed by atoms with Gasteiger partial charge in [0, 0.05) is 13.5 Å². The molecule has 0 radical (unpaired) electrons. The molecular weight excluding hydrogens is 383 g/mol. The summed E-state index contributed by atoms with van der Waals surface area (Å²) in [7, 11) is 1.60. The summed E-state index contributed by atoms with van der Waals surface area (Å²) in [6.07, 6.45) is 5.06. The standard InChI is InChI=1S/C24H27FN2O3/c1-16-8-4-6-10-21(18-12-14-19(25)15-13-18)26-23(28)17(2)27(3)24(29)20-9-5-7-11-22(20)30-16/h4-7,9,11-17,21H,8,10H2,1-3H3,(H,26,28)/b6-4-/t16-,17-,21-/m0/s1. The van der Waals surface area contributed by atoms with Crippen LogP contribution in [0.2, 0.25) is 0 Å². The topological polar surface area (TPSA) is 58.6 Å². The molecule has 2 aromatic rings. The zero-order chi connectivity index (χ0) is 21.7. The van der Waals surface area contributed by atoms with Crippen LogP contribution in [0, 0.1) is 5.82 Å². The van der Waals surface area contributed by atoms with Crippen molar-refractivity contribution < 1.29 is 18.7 Å². The second-order valence-corrected chi connectivity index (χ2v) is 7.57. The molecule has 0 saturated carbocycles. The molecule has 1 heterocycles. The third-order valence-corrected chi connectivity index (χ3v) is 5.32. The maximum absolute atomic E-state index is 13.3. The number of likely N-dealkylation sites (N-methyl/N-ethyl adjacent to an activating group) is 1. The van der Waals surface area contributed by atoms with E-state index in [0.29, 0.717) is 24.2 Å². The maximum Gasteiger partial charge on any atom is 0.258 e. The van der Waals surface area contributed by atoms with Gasteiger partial charge in [0.05, 0.1) is 17.7 Å². The summed E-state index contributed by atoms with van der Waals surface area (Å²) in [4.78, 5) is 27.4. The van der Waals surface area contributed by atoms with Crippen LogP contribution in [0.25, 0.3) is 0 Å². The highest BCUT2D eigenvalue weighted by molar-refractivity contribution is 5.99. The number of para-hydroxylation sites is 1. The molecule has 3 atom stereocenters. The zero-order valence-corrected chi connectivity index (χ0v) is 17.5. The van der Waals surface area contributed by atoms with Crippen molar-refractivity contribution in [2.24, 2.45) is 0 Å². The van der Waals surface area contributed by atoms with Crippen LogP contribution in [0.3, 0.4) is 0 Å². The SMILES string of the molecule is C[C@H]1C/C=C\C[C@@H](c2ccc(F)cc2)NC(=O)[C@H](C)N(C)C(=O)c2ccccc2O1. The minimum atomic E-state index is -0.696. The Hall–Kier alpha value is -3.15. The second kappa shape index (κ2) is 9.57. The van der Waals surface area contributed by atoms with Gasteiger partial charge in [-0.05, 0) is 50.1 Å². The van der Waals surface area contributed by atoms with Gasteiger partial charge in [0.1, 0.15) is 17.6 Å². The van der Waals surface area contributed by atoms with E-state index >= 15 is 0 Å². The van der Waals surface area contributed by atoms with Gasteiger partial charge < -0.3 is 15.0 Å². The number of carbonyl (C=O) groups is 2. The molecule has 2 aromatic carbocycles. The lowest BCUT2D eigenvalue weighted by Crippen LogP contribution is -2.47. The minimum absolute atomic E-state index is 0.125. The first-order valence-electron chi connectivity index (χ1n) is 10.1. The van der Waals surface area contributed by atoms with Crippen LogP contribution in [-0.4, -0.2) is 35.9 Å². The zero-order valence-electron chi connectivity index (χ0n) is 17.5. The molecule has 0 unspecified atom stereocenters. The number of nitrogens with one attached hydrogen (secondary N) is 1. The van der Waals surface area contributed by atoms with Crippen molar-refractivity contribution in [2.75, 3.05) is 7.05 Å². The smallest absolute Gasteiger partial charge is 0.258 e. The van der Waals surface area contributed by atoms with Crippen molar-refractivity contribution in [1.82, 2.24) is 10.2 Å². The fourth-order valence-corrected chi connectivity index (χ4v) is 3.34. The van der Waals surface area contributed by atoms with Crippen LogP contribution in [0.4, 0.5) is 4.39 Å². The summed E-state index contributed by atoms with van der Waals surface area (Å²) in [5.41, 5.74) is 1.22. The van der Waals surface area contributed by atoms with E-state index in [1.165, 1.54) is 17.0 Å². The highest BCUT2D eigenvalue weighted by Crippen LogP contribution is 2.24. The predicted octanol–water partition coefficient (Wildman–Crippen LogP) is 4.26. The van der Waals surface area contributed by atoms with E-state index in [1.54, 1.807) is 44.3 Å². The van der Waals surface area contributed by atoms with Crippen LogP contribution < -0.4 is 10.1 Å². The number of ether oxygens (including phenoxy) is 1. The van der Waals surface area contributed by atoms with Gasteiger partial charge in [-0.15, -0.1) is 0 Å². The first-order chi connectivity index (χ1) is 14.4. The number of hydrogen-bond acceptors (Lipinski definition) is 3. The van der Waals surface area contributed by atoms with Crippen molar-refractivity contribution in [2.45, 2.75) is 44.9 Å². The van der Waals surface area contributed by atoms with E-state index in [2.05, 4.69) is 5.32 Å². The molecule has 0 bridgehead atoms. The average molecular weight is 410 g/mol. The largest absolute Gasteiger partial charge is 0.490 e. The molecule has 0 aromatic heterocycles. The number of benzene rings is 2. The van der Waals surface area contributed by atoms with Crippen molar-refractivity contribution in [3.63, 3.8) is 0 Å². The molecule has 0 saturated heterocycles. The summed E-state index contributed by atoms with van der Waals surface area (Å²) < 4.78 is 19.3. The van der Waals surface area contributed by atoms with Gasteiger partial charge in [0.2, 0.25) is 5.91 Å². The number of carbonyl (C=O) groups excluding carboxylic acids is 2. The van der Waals surface area contributed by atoms with Gasteiger partial charge in [-0.1, -0.05) is 36.4 Å². The molecule has 0 spiro atoms. The molecule has 0 aliphatic carbocycles. The van der Waals surface area contributed by atoms with Gasteiger partial charge in [-0.3, -0.25) is 9.59 Å². The first-order valence-corrected chi connectivity index (χ1v) is 10.1. The number of amides is 2. The normalized spacial score (nSPS) is 24.3. The Labute approximate surface area is 176 Å². The van der Waals surface area contributed by atoms with Gasteiger partial charge in [-0.25, -0.2) is 4.39 Å². The molecule has 2 amide bonds. The number of halogens is 1. The third-order valence-electron chi connectivity index (χ3n) is 5.32. The fraction of sp³-hybridized carbons (Fsp3) is 0.333. The summed E-state index contributed by atoms with van der Waals surface area (Å²) in [5, 5.41) is 3.00. The number of fused-ring (bicyclic) bond motifs is 1. The van der Waals surface area contributed by atoms with E-state index in [-0.39, 0.29) is 29.8 Å². The molecule has 5 nitrogen and oxygen atoms in total. The quantitative estimate of drug-likeness (QED) is 0.715. The van der Waals surface area contributed by atoms with Gasteiger partial charge in [-0.2, -0.15) is 0 Å². The molecule has 30 heavy (non-hydrogen) atoms. The number of hydrogen-bond donors (Lipinski definition) is 1. The van der Waals surface area contributed by atoms with E-state index < -0.39 is 6.04 Å². The van der Waals surface area contributed by atoms with Crippen molar-refractivity contribution in [1.29, 1.82) is 0 Å². The highest BCUT2D eigenvalue weighted by Gasteiger charge is 2.27. The first kappa shape index (κ1) is 21.6. The summed E-state index contributed by atoms with van der Waals surface area (Å²) in [5.74, 6) is -0.391. The van der Waals surface area contributed by atoms with Gasteiger partial charge >= 0.3 is 0 Å². The van der Waals surface area contributed by atoms with Crippen molar-refractivity contribution in [3.8, 4) is 5.75 Å². The van der Waals surface area contributed by atoms with Crippen molar-refractivity contribution in [3.05, 3.63) is 77.6 Å². The van der Waals surface area contributed by atoms with Crippen LogP contribution >= 0.6 is 0 Å². The Morgan fingerprint density at radius 2 is 1.67 bits per heavy atom. The number of rotatable bonds is 1. The summed E-state index contributed by atoms with van der Waals surface area (Å²) in [6.45, 7) is 3.63. The summed E-state index contributed by atoms with van der Waals surface area (Å²) in [6, 6.07) is 12.1. The van der Waals surface area contributed by atoms with Crippen LogP contribution in [0.5, 0.6) is 5.75 Å². The minimum Gasteiger partial charge on any atom is -0.490 e. The molecule has 1 aliphatic heterocycles. The lowest BCUT2D eigenvalue weighted by molar-refractivity contribution is -0.125. The molecule has 3 rings (SSSR count). The number of nitrogens with zero attached hydrogens (tertiary/aromatic N) is 1. The van der Waals surface area contributed by atoms with Crippen LogP contribution in [0.15, 0.2) is 60.7 Å². The lowest BCUT2D eigenvalue weighted by atomic mass is 10.0. The Morgan fingerprint density at radius 1 is 1.00 bits per heavy atom. The molecule has 1 N–H and O–H groups in total. The van der Waals surface area contributed by atoms with Crippen LogP contribution in [0.1, 0.15) is 48.7 Å². The van der Waals surface area contributed by atoms with E-state index in [0.717, 1.165) is 5.56 Å². The lowest BCUT2D eigenvalue weighted by Gasteiger charge is -2.28. The van der Waals surface area contributed by atoms with Crippen LogP contribution in [-0.2, 0) is 4.79 Å². The van der Waals surface area contributed by atoms with E-state index in [1.807, 2.05) is 25.1 Å². The average Bonchev–Trinajstić information content (AvgIpc) is 2.74. The maximum atomic E-state index is 13.3. The van der Waals surface area contributed by atoms with E-state index in [4.69, 9.17) is 4.74 Å². The Balaban J connectivity index is 1.92. The monoisotopic (exact) mass is 410 g/mol. The fourth-order valence-electron chi connectivity index (χ4n) is 3.34. The Bertz CT molecular complexity index is 926.